The molecule has 0 bridgehead atoms. The van der Waals surface area contributed by atoms with Crippen LogP contribution in [0, 0.1) is 5.82 Å². The summed E-state index contributed by atoms with van der Waals surface area (Å²) < 4.78 is 60.9. The zero-order valence-corrected chi connectivity index (χ0v) is 20.2. The maximum absolute atomic E-state index is 15.1. The van der Waals surface area contributed by atoms with Gasteiger partial charge in [-0.2, -0.15) is 18.3 Å². The fraction of sp³-hybridized carbons (Fsp3) is 0.280. The summed E-state index contributed by atoms with van der Waals surface area (Å²) in [6.45, 7) is 0. The maximum atomic E-state index is 15.1. The summed E-state index contributed by atoms with van der Waals surface area (Å²) in [6, 6.07) is 4.21. The van der Waals surface area contributed by atoms with Crippen LogP contribution in [0.1, 0.15) is 41.4 Å². The van der Waals surface area contributed by atoms with Gasteiger partial charge in [-0.25, -0.2) is 29.3 Å². The number of aromatic amines is 1. The molecule has 1 aliphatic carbocycles. The normalized spacial score (nSPS) is 13.8. The Morgan fingerprint density at radius 3 is 2.63 bits per heavy atom. The van der Waals surface area contributed by atoms with E-state index in [-0.39, 0.29) is 17.8 Å². The van der Waals surface area contributed by atoms with Gasteiger partial charge in [-0.3, -0.25) is 5.10 Å². The smallest absolute Gasteiger partial charge is 0.434 e. The molecule has 1 fully saturated rings. The third-order valence-corrected chi connectivity index (χ3v) is 6.43. The van der Waals surface area contributed by atoms with Crippen LogP contribution < -0.4 is 4.74 Å². The zero-order chi connectivity index (χ0) is 26.6. The molecule has 0 spiro atoms. The average molecular weight is 524 g/mol. The van der Waals surface area contributed by atoms with Crippen LogP contribution >= 0.6 is 0 Å². The second kappa shape index (κ2) is 8.85. The van der Waals surface area contributed by atoms with Gasteiger partial charge in [0.2, 0.25) is 5.88 Å². The van der Waals surface area contributed by atoms with E-state index in [1.807, 2.05) is 0 Å². The lowest BCUT2D eigenvalue weighted by atomic mass is 10.1. The highest BCUT2D eigenvalue weighted by Gasteiger charge is 2.35. The second-order valence-electron chi connectivity index (χ2n) is 9.09. The Bertz CT molecular complexity index is 1670. The van der Waals surface area contributed by atoms with Gasteiger partial charge in [0.1, 0.15) is 34.6 Å². The van der Waals surface area contributed by atoms with Crippen LogP contribution in [0.5, 0.6) is 5.88 Å². The summed E-state index contributed by atoms with van der Waals surface area (Å²) in [5.41, 5.74) is 2.48. The summed E-state index contributed by atoms with van der Waals surface area (Å²) in [7, 11) is 2.95. The van der Waals surface area contributed by atoms with Crippen molar-refractivity contribution in [3.05, 3.63) is 65.4 Å². The van der Waals surface area contributed by atoms with Gasteiger partial charge < -0.3 is 9.30 Å². The average Bonchev–Trinajstić information content (AvgIpc) is 3.55. The Labute approximate surface area is 213 Å². The van der Waals surface area contributed by atoms with Gasteiger partial charge in [0, 0.05) is 31.1 Å². The van der Waals surface area contributed by atoms with E-state index in [0.717, 1.165) is 24.7 Å². The van der Waals surface area contributed by atoms with Crippen LogP contribution in [0.4, 0.5) is 17.6 Å². The molecule has 1 aromatic carbocycles. The fourth-order valence-corrected chi connectivity index (χ4v) is 4.40. The highest BCUT2D eigenvalue weighted by atomic mass is 19.4. The number of aryl methyl sites for hydroxylation is 1. The largest absolute Gasteiger partial charge is 0.480 e. The minimum atomic E-state index is -4.59. The Balaban J connectivity index is 1.34. The van der Waals surface area contributed by atoms with Crippen molar-refractivity contribution in [3.63, 3.8) is 0 Å². The molecule has 1 N–H and O–H groups in total. The summed E-state index contributed by atoms with van der Waals surface area (Å²) in [5, 5.41) is 7.17. The van der Waals surface area contributed by atoms with E-state index in [4.69, 9.17) is 9.72 Å². The first kappa shape index (κ1) is 23.9. The molecule has 4 aromatic heterocycles. The molecule has 1 aliphatic rings. The number of halogens is 4. The maximum Gasteiger partial charge on any atom is 0.434 e. The number of H-pyrrole nitrogens is 1. The van der Waals surface area contributed by atoms with Crippen molar-refractivity contribution in [1.29, 1.82) is 0 Å². The van der Waals surface area contributed by atoms with Crippen molar-refractivity contribution in [2.24, 2.45) is 7.05 Å². The lowest BCUT2D eigenvalue weighted by Gasteiger charge is -2.10. The number of nitrogens with one attached hydrogen (secondary N) is 1. The summed E-state index contributed by atoms with van der Waals surface area (Å²) in [5.74, 6) is 0.458. The predicted octanol–water partition coefficient (Wildman–Crippen LogP) is 4.85. The number of benzene rings is 1. The number of nitrogens with zero attached hydrogens (tertiary/aromatic N) is 7. The van der Waals surface area contributed by atoms with E-state index in [0.29, 0.717) is 45.5 Å². The SMILES string of the molecule is COc1ncnc(C2CC2)c1-c1ncc2[nH]nc(Cc3ccc(-c4nc(C(F)(F)F)cn4C)cc3F)c2n1. The molecule has 0 radical (unpaired) electrons. The number of methoxy groups -OCH3 is 1. The second-order valence-corrected chi connectivity index (χ2v) is 9.09. The molecule has 1 saturated carbocycles. The first-order valence-corrected chi connectivity index (χ1v) is 11.7. The molecule has 0 saturated heterocycles. The van der Waals surface area contributed by atoms with Crippen molar-refractivity contribution in [2.45, 2.75) is 31.4 Å². The Hall–Kier alpha value is -4.42. The Kier molecular flexibility index (Phi) is 5.58. The van der Waals surface area contributed by atoms with Crippen LogP contribution in [0.25, 0.3) is 33.8 Å². The van der Waals surface area contributed by atoms with Crippen molar-refractivity contribution in [3.8, 4) is 28.7 Å². The first-order valence-electron chi connectivity index (χ1n) is 11.7. The predicted molar refractivity (Wildman–Crippen MR) is 128 cm³/mol. The molecule has 0 unspecified atom stereocenters. The molecule has 0 amide bonds. The number of hydrogen-bond donors (Lipinski definition) is 1. The lowest BCUT2D eigenvalue weighted by Crippen LogP contribution is -2.04. The Morgan fingerprint density at radius 2 is 1.95 bits per heavy atom. The third kappa shape index (κ3) is 4.23. The lowest BCUT2D eigenvalue weighted by molar-refractivity contribution is -0.140. The van der Waals surface area contributed by atoms with E-state index in [1.165, 1.54) is 43.3 Å². The molecule has 6 rings (SSSR count). The van der Waals surface area contributed by atoms with Gasteiger partial charge in [0.25, 0.3) is 0 Å². The minimum absolute atomic E-state index is 0.0101. The number of ether oxygens (including phenoxy) is 1. The topological polar surface area (TPSA) is 107 Å². The standard InChI is InChI=1S/C25H20F4N8O/c1-37-10-18(25(27,28)29)33-23(37)14-6-5-13(15(26)7-14)8-16-21-17(36-35-16)9-30-22(34-21)19-20(12-3-4-12)31-11-32-24(19)38-2/h5-7,9-12H,3-4,8H2,1-2H3,(H,35,36). The van der Waals surface area contributed by atoms with Gasteiger partial charge in [0.15, 0.2) is 11.5 Å². The number of imidazole rings is 1. The number of rotatable bonds is 6. The van der Waals surface area contributed by atoms with Crippen molar-refractivity contribution in [1.82, 2.24) is 39.7 Å². The van der Waals surface area contributed by atoms with Gasteiger partial charge in [-0.15, -0.1) is 0 Å². The number of hydrogen-bond acceptors (Lipinski definition) is 7. The van der Waals surface area contributed by atoms with Gasteiger partial charge >= 0.3 is 6.18 Å². The summed E-state index contributed by atoms with van der Waals surface area (Å²) in [4.78, 5) is 21.4. The fourth-order valence-electron chi connectivity index (χ4n) is 4.40. The van der Waals surface area contributed by atoms with E-state index in [2.05, 4.69) is 30.1 Å². The molecule has 4 heterocycles. The van der Waals surface area contributed by atoms with E-state index in [9.17, 15) is 13.2 Å². The number of fused-ring (bicyclic) bond motifs is 1. The molecule has 194 valence electrons. The molecular weight excluding hydrogens is 504 g/mol. The van der Waals surface area contributed by atoms with Crippen LogP contribution in [0.15, 0.2) is 36.9 Å². The molecule has 9 nitrogen and oxygen atoms in total. The van der Waals surface area contributed by atoms with Gasteiger partial charge in [0.05, 0.1) is 24.7 Å². The monoisotopic (exact) mass is 524 g/mol. The third-order valence-electron chi connectivity index (χ3n) is 6.43. The van der Waals surface area contributed by atoms with E-state index >= 15 is 4.39 Å². The number of alkyl halides is 3. The molecular formula is C25H20F4N8O. The van der Waals surface area contributed by atoms with E-state index in [1.54, 1.807) is 6.20 Å². The Morgan fingerprint density at radius 1 is 1.13 bits per heavy atom. The highest BCUT2D eigenvalue weighted by molar-refractivity contribution is 5.80. The van der Waals surface area contributed by atoms with Gasteiger partial charge in [-0.1, -0.05) is 12.1 Å². The van der Waals surface area contributed by atoms with Crippen LogP contribution in [-0.2, 0) is 19.6 Å². The van der Waals surface area contributed by atoms with Crippen molar-refractivity contribution >= 4 is 11.0 Å². The van der Waals surface area contributed by atoms with Crippen molar-refractivity contribution in [2.75, 3.05) is 7.11 Å². The van der Waals surface area contributed by atoms with E-state index < -0.39 is 17.7 Å². The highest BCUT2D eigenvalue weighted by Crippen LogP contribution is 2.45. The first-order chi connectivity index (χ1) is 18.2. The molecule has 0 atom stereocenters. The minimum Gasteiger partial charge on any atom is -0.480 e. The zero-order valence-electron chi connectivity index (χ0n) is 20.2. The molecule has 13 heteroatoms. The van der Waals surface area contributed by atoms with Crippen LogP contribution in [0.3, 0.4) is 0 Å². The van der Waals surface area contributed by atoms with Crippen molar-refractivity contribution < 1.29 is 22.3 Å². The molecule has 38 heavy (non-hydrogen) atoms. The van der Waals surface area contributed by atoms with Gasteiger partial charge in [-0.05, 0) is 24.5 Å². The molecule has 5 aromatic rings. The molecule has 0 aliphatic heterocycles. The summed E-state index contributed by atoms with van der Waals surface area (Å²) >= 11 is 0. The quantitative estimate of drug-likeness (QED) is 0.317. The van der Waals surface area contributed by atoms with Crippen LogP contribution in [0.2, 0.25) is 0 Å². The summed E-state index contributed by atoms with van der Waals surface area (Å²) in [6.07, 6.45) is 1.44. The van der Waals surface area contributed by atoms with Crippen LogP contribution in [-0.4, -0.2) is 46.8 Å². The number of aromatic nitrogens is 8.